The minimum Gasteiger partial charge on any atom is -0.399 e. The summed E-state index contributed by atoms with van der Waals surface area (Å²) < 4.78 is 13.1. The summed E-state index contributed by atoms with van der Waals surface area (Å²) in [6.07, 6.45) is 0. The van der Waals surface area contributed by atoms with Crippen LogP contribution in [-0.4, -0.2) is 11.7 Å². The van der Waals surface area contributed by atoms with E-state index in [2.05, 4.69) is 5.43 Å². The molecule has 1 aromatic rings. The van der Waals surface area contributed by atoms with Crippen molar-refractivity contribution in [2.75, 3.05) is 11.5 Å². The summed E-state index contributed by atoms with van der Waals surface area (Å²) in [7, 11) is 0. The van der Waals surface area contributed by atoms with Gasteiger partial charge in [-0.15, -0.1) is 11.8 Å². The maximum atomic E-state index is 13.1. The molecule has 1 rings (SSSR count). The molecule has 0 aromatic heterocycles. The molecule has 0 radical (unpaired) electrons. The molecule has 1 aromatic carbocycles. The van der Waals surface area contributed by atoms with Crippen LogP contribution < -0.4 is 17.0 Å². The third kappa shape index (κ3) is 3.90. The quantitative estimate of drug-likeness (QED) is 0.251. The molecule has 0 spiro atoms. The van der Waals surface area contributed by atoms with E-state index < -0.39 is 5.41 Å². The number of carbonyl (C=O) groups excluding carboxylic acids is 1. The second-order valence-corrected chi connectivity index (χ2v) is 5.42. The van der Waals surface area contributed by atoms with Crippen molar-refractivity contribution in [1.82, 2.24) is 5.43 Å². The van der Waals surface area contributed by atoms with Crippen LogP contribution in [0.5, 0.6) is 0 Å². The SMILES string of the molecule is CC(C)(CSc1cc(N)cc(F)c1)C(=O)NN. The van der Waals surface area contributed by atoms with Gasteiger partial charge in [-0.25, -0.2) is 10.2 Å². The van der Waals surface area contributed by atoms with Crippen LogP contribution in [0.3, 0.4) is 0 Å². The number of thioether (sulfide) groups is 1. The van der Waals surface area contributed by atoms with Gasteiger partial charge in [-0.1, -0.05) is 13.8 Å². The number of nitrogen functional groups attached to an aromatic ring is 1. The van der Waals surface area contributed by atoms with Crippen molar-refractivity contribution >= 4 is 23.4 Å². The van der Waals surface area contributed by atoms with E-state index in [9.17, 15) is 9.18 Å². The van der Waals surface area contributed by atoms with Crippen LogP contribution in [0.1, 0.15) is 13.8 Å². The summed E-state index contributed by atoms with van der Waals surface area (Å²) in [5.74, 6) is 4.94. The molecule has 0 saturated carbocycles. The highest BCUT2D eigenvalue weighted by molar-refractivity contribution is 7.99. The van der Waals surface area contributed by atoms with Crippen LogP contribution in [0, 0.1) is 11.2 Å². The Morgan fingerprint density at radius 3 is 2.65 bits per heavy atom. The van der Waals surface area contributed by atoms with Gasteiger partial charge in [0, 0.05) is 16.3 Å². The number of anilines is 1. The first-order chi connectivity index (χ1) is 7.85. The summed E-state index contributed by atoms with van der Waals surface area (Å²) in [5.41, 5.74) is 7.39. The van der Waals surface area contributed by atoms with E-state index >= 15 is 0 Å². The monoisotopic (exact) mass is 257 g/mol. The van der Waals surface area contributed by atoms with Crippen molar-refractivity contribution < 1.29 is 9.18 Å². The fourth-order valence-corrected chi connectivity index (χ4v) is 2.27. The minimum absolute atomic E-state index is 0.255. The zero-order valence-corrected chi connectivity index (χ0v) is 10.6. The highest BCUT2D eigenvalue weighted by atomic mass is 32.2. The van der Waals surface area contributed by atoms with E-state index in [1.807, 2.05) is 0 Å². The first kappa shape index (κ1) is 13.8. The minimum atomic E-state index is -0.625. The average molecular weight is 257 g/mol. The fourth-order valence-electron chi connectivity index (χ4n) is 1.19. The van der Waals surface area contributed by atoms with Crippen molar-refractivity contribution in [3.63, 3.8) is 0 Å². The number of amides is 1. The van der Waals surface area contributed by atoms with E-state index in [1.54, 1.807) is 19.9 Å². The van der Waals surface area contributed by atoms with Crippen molar-refractivity contribution in [2.24, 2.45) is 11.3 Å². The first-order valence-electron chi connectivity index (χ1n) is 5.05. The van der Waals surface area contributed by atoms with Crippen molar-refractivity contribution in [2.45, 2.75) is 18.7 Å². The van der Waals surface area contributed by atoms with Crippen LogP contribution in [0.2, 0.25) is 0 Å². The summed E-state index contributed by atoms with van der Waals surface area (Å²) in [6, 6.07) is 4.31. The summed E-state index contributed by atoms with van der Waals surface area (Å²) >= 11 is 1.36. The van der Waals surface area contributed by atoms with Gasteiger partial charge in [0.2, 0.25) is 5.91 Å². The molecule has 0 atom stereocenters. The number of hydrogen-bond acceptors (Lipinski definition) is 4. The number of halogens is 1. The molecular weight excluding hydrogens is 241 g/mol. The Kier molecular flexibility index (Phi) is 4.36. The van der Waals surface area contributed by atoms with E-state index in [4.69, 9.17) is 11.6 Å². The number of hydrogen-bond donors (Lipinski definition) is 3. The predicted molar refractivity (Wildman–Crippen MR) is 67.6 cm³/mol. The zero-order chi connectivity index (χ0) is 13.1. The molecule has 0 bridgehead atoms. The third-order valence-electron chi connectivity index (χ3n) is 2.24. The number of carbonyl (C=O) groups is 1. The van der Waals surface area contributed by atoms with Gasteiger partial charge in [-0.05, 0) is 18.2 Å². The molecule has 4 nitrogen and oxygen atoms in total. The maximum absolute atomic E-state index is 13.1. The number of nitrogens with two attached hydrogens (primary N) is 2. The van der Waals surface area contributed by atoms with Crippen molar-refractivity contribution in [3.05, 3.63) is 24.0 Å². The maximum Gasteiger partial charge on any atom is 0.240 e. The lowest BCUT2D eigenvalue weighted by Crippen LogP contribution is -2.42. The molecule has 94 valence electrons. The van der Waals surface area contributed by atoms with E-state index in [0.717, 1.165) is 0 Å². The molecule has 0 heterocycles. The standard InChI is InChI=1S/C11H16FN3OS/c1-11(2,10(16)15-14)6-17-9-4-7(12)3-8(13)5-9/h3-5H,6,13-14H2,1-2H3,(H,15,16). The molecule has 5 N–H and O–H groups in total. The second-order valence-electron chi connectivity index (χ2n) is 4.37. The molecular formula is C11H16FN3OS. The number of nitrogens with one attached hydrogen (secondary N) is 1. The number of hydrazine groups is 1. The van der Waals surface area contributed by atoms with E-state index in [-0.39, 0.29) is 11.7 Å². The first-order valence-corrected chi connectivity index (χ1v) is 6.03. The van der Waals surface area contributed by atoms with E-state index in [0.29, 0.717) is 16.3 Å². The molecule has 0 aliphatic carbocycles. The van der Waals surface area contributed by atoms with Crippen molar-refractivity contribution in [3.8, 4) is 0 Å². The highest BCUT2D eigenvalue weighted by Gasteiger charge is 2.27. The normalized spacial score (nSPS) is 11.3. The second kappa shape index (κ2) is 5.37. The molecule has 0 aliphatic rings. The van der Waals surface area contributed by atoms with Gasteiger partial charge in [0.05, 0.1) is 5.41 Å². The summed E-state index contributed by atoms with van der Waals surface area (Å²) in [5, 5.41) is 0. The fraction of sp³-hybridized carbons (Fsp3) is 0.364. The topological polar surface area (TPSA) is 81.1 Å². The van der Waals surface area contributed by atoms with Gasteiger partial charge in [-0.3, -0.25) is 10.2 Å². The van der Waals surface area contributed by atoms with Crippen molar-refractivity contribution in [1.29, 1.82) is 0 Å². The largest absolute Gasteiger partial charge is 0.399 e. The molecule has 0 fully saturated rings. The Morgan fingerprint density at radius 2 is 2.12 bits per heavy atom. The van der Waals surface area contributed by atoms with Crippen LogP contribution in [0.4, 0.5) is 10.1 Å². The number of rotatable bonds is 4. The van der Waals surface area contributed by atoms with Gasteiger partial charge in [0.25, 0.3) is 0 Å². The van der Waals surface area contributed by atoms with Crippen LogP contribution in [0.15, 0.2) is 23.1 Å². The Balaban J connectivity index is 2.70. The lowest BCUT2D eigenvalue weighted by molar-refractivity contribution is -0.128. The number of benzene rings is 1. The molecule has 1 amide bonds. The smallest absolute Gasteiger partial charge is 0.240 e. The molecule has 0 unspecified atom stereocenters. The summed E-state index contributed by atoms with van der Waals surface area (Å²) in [6.45, 7) is 3.54. The Labute approximate surface area is 104 Å². The molecule has 17 heavy (non-hydrogen) atoms. The predicted octanol–water partition coefficient (Wildman–Crippen LogP) is 1.52. The van der Waals surface area contributed by atoms with Gasteiger partial charge in [-0.2, -0.15) is 0 Å². The van der Waals surface area contributed by atoms with Gasteiger partial charge < -0.3 is 5.73 Å². The highest BCUT2D eigenvalue weighted by Crippen LogP contribution is 2.29. The Hall–Kier alpha value is -1.27. The molecule has 6 heteroatoms. The molecule has 0 aliphatic heterocycles. The van der Waals surface area contributed by atoms with Gasteiger partial charge in [0.15, 0.2) is 0 Å². The Morgan fingerprint density at radius 1 is 1.47 bits per heavy atom. The van der Waals surface area contributed by atoms with Crippen LogP contribution in [0.25, 0.3) is 0 Å². The van der Waals surface area contributed by atoms with Gasteiger partial charge in [0.1, 0.15) is 5.82 Å². The zero-order valence-electron chi connectivity index (χ0n) is 9.79. The lowest BCUT2D eigenvalue weighted by Gasteiger charge is -2.21. The summed E-state index contributed by atoms with van der Waals surface area (Å²) in [4.78, 5) is 12.1. The Bertz CT molecular complexity index is 403. The average Bonchev–Trinajstić information content (AvgIpc) is 2.24. The van der Waals surface area contributed by atoms with E-state index in [1.165, 1.54) is 23.9 Å². The molecule has 0 saturated heterocycles. The third-order valence-corrected chi connectivity index (χ3v) is 3.67. The lowest BCUT2D eigenvalue weighted by atomic mass is 9.96. The van der Waals surface area contributed by atoms with Crippen LogP contribution in [-0.2, 0) is 4.79 Å². The van der Waals surface area contributed by atoms with Crippen LogP contribution >= 0.6 is 11.8 Å². The van der Waals surface area contributed by atoms with Gasteiger partial charge >= 0.3 is 0 Å².